The van der Waals surface area contributed by atoms with Crippen LogP contribution >= 0.6 is 0 Å². The highest BCUT2D eigenvalue weighted by Crippen LogP contribution is 2.50. The van der Waals surface area contributed by atoms with Gasteiger partial charge in [0.15, 0.2) is 12.1 Å². The number of aliphatic hydroxyl groups is 5. The summed E-state index contributed by atoms with van der Waals surface area (Å²) < 4.78 is 11.5. The van der Waals surface area contributed by atoms with Crippen LogP contribution in [0.1, 0.15) is 52.6 Å². The van der Waals surface area contributed by atoms with Crippen molar-refractivity contribution in [1.29, 1.82) is 0 Å². The van der Waals surface area contributed by atoms with E-state index in [2.05, 4.69) is 0 Å². The molecule has 1 aromatic rings. The van der Waals surface area contributed by atoms with E-state index < -0.39 is 48.8 Å². The summed E-state index contributed by atoms with van der Waals surface area (Å²) in [5.74, 6) is -0.112. The van der Waals surface area contributed by atoms with Gasteiger partial charge in [-0.3, -0.25) is 4.79 Å². The van der Waals surface area contributed by atoms with Crippen LogP contribution in [0.3, 0.4) is 0 Å². The van der Waals surface area contributed by atoms with Crippen LogP contribution in [0.15, 0.2) is 6.07 Å². The van der Waals surface area contributed by atoms with Gasteiger partial charge in [-0.15, -0.1) is 0 Å². The summed E-state index contributed by atoms with van der Waals surface area (Å²) in [6.07, 6.45) is -7.31. The first-order valence-electron chi connectivity index (χ1n) is 9.80. The number of carbonyl (C=O) groups excluding carboxylic acids is 1. The molecule has 0 amide bonds. The van der Waals surface area contributed by atoms with Crippen molar-refractivity contribution >= 4 is 5.78 Å². The minimum absolute atomic E-state index is 0.0250. The Hall–Kier alpha value is -1.39. The molecule has 8 heteroatoms. The zero-order valence-corrected chi connectivity index (χ0v) is 17.1. The fraction of sp³-hybridized carbons (Fsp3) is 0.667. The molecule has 0 aromatic heterocycles. The average molecular weight is 410 g/mol. The average Bonchev–Trinajstić information content (AvgIpc) is 2.85. The lowest BCUT2D eigenvalue weighted by Crippen LogP contribution is -2.59. The zero-order chi connectivity index (χ0) is 21.7. The largest absolute Gasteiger partial charge is 0.396 e. The maximum atomic E-state index is 13.2. The van der Waals surface area contributed by atoms with Crippen molar-refractivity contribution in [3.8, 4) is 0 Å². The Morgan fingerprint density at radius 1 is 1.10 bits per heavy atom. The number of carbonyl (C=O) groups is 1. The molecule has 29 heavy (non-hydrogen) atoms. The van der Waals surface area contributed by atoms with Crippen LogP contribution in [-0.2, 0) is 15.9 Å². The first-order chi connectivity index (χ1) is 13.6. The second-order valence-corrected chi connectivity index (χ2v) is 8.50. The van der Waals surface area contributed by atoms with Crippen LogP contribution in [-0.4, -0.2) is 75.2 Å². The summed E-state index contributed by atoms with van der Waals surface area (Å²) in [5, 5.41) is 49.1. The Kier molecular flexibility index (Phi) is 6.18. The second kappa shape index (κ2) is 8.03. The van der Waals surface area contributed by atoms with Crippen molar-refractivity contribution in [2.24, 2.45) is 5.41 Å². The molecule has 1 aliphatic carbocycles. The zero-order valence-electron chi connectivity index (χ0n) is 17.1. The molecule has 0 bridgehead atoms. The van der Waals surface area contributed by atoms with Gasteiger partial charge >= 0.3 is 0 Å². The molecule has 1 aromatic carbocycles. The van der Waals surface area contributed by atoms with Gasteiger partial charge in [-0.05, 0) is 56.4 Å². The van der Waals surface area contributed by atoms with Gasteiger partial charge in [0.2, 0.25) is 0 Å². The van der Waals surface area contributed by atoms with Crippen LogP contribution in [0.2, 0.25) is 0 Å². The van der Waals surface area contributed by atoms with Gasteiger partial charge in [-0.2, -0.15) is 0 Å². The smallest absolute Gasteiger partial charge is 0.187 e. The highest BCUT2D eigenvalue weighted by Gasteiger charge is 2.52. The summed E-state index contributed by atoms with van der Waals surface area (Å²) in [6, 6.07) is 1.86. The molecule has 0 saturated carbocycles. The predicted molar refractivity (Wildman–Crippen MR) is 102 cm³/mol. The summed E-state index contributed by atoms with van der Waals surface area (Å²) in [7, 11) is 0. The molecule has 1 fully saturated rings. The first-order valence-corrected chi connectivity index (χ1v) is 9.80. The van der Waals surface area contributed by atoms with Crippen molar-refractivity contribution in [3.63, 3.8) is 0 Å². The van der Waals surface area contributed by atoms with Gasteiger partial charge in [0.25, 0.3) is 0 Å². The molecule has 1 aliphatic heterocycles. The highest BCUT2D eigenvalue weighted by molar-refractivity contribution is 6.06. The molecule has 162 valence electrons. The van der Waals surface area contributed by atoms with E-state index in [1.165, 1.54) is 0 Å². The topological polar surface area (TPSA) is 137 Å². The maximum Gasteiger partial charge on any atom is 0.187 e. The monoisotopic (exact) mass is 410 g/mol. The fourth-order valence-corrected chi connectivity index (χ4v) is 4.45. The molecule has 5 N–H and O–H groups in total. The molecule has 0 radical (unpaired) electrons. The molecule has 2 aliphatic rings. The highest BCUT2D eigenvalue weighted by atomic mass is 16.7. The van der Waals surface area contributed by atoms with E-state index in [1.807, 2.05) is 19.9 Å². The number of rotatable bonds is 5. The van der Waals surface area contributed by atoms with E-state index in [0.717, 1.165) is 16.7 Å². The van der Waals surface area contributed by atoms with Crippen molar-refractivity contribution in [1.82, 2.24) is 0 Å². The van der Waals surface area contributed by atoms with Crippen molar-refractivity contribution in [2.75, 3.05) is 13.2 Å². The van der Waals surface area contributed by atoms with Gasteiger partial charge in [-0.25, -0.2) is 0 Å². The van der Waals surface area contributed by atoms with Crippen molar-refractivity contribution in [2.45, 2.75) is 70.9 Å². The number of ether oxygens (including phenoxy) is 2. The molecule has 8 nitrogen and oxygen atoms in total. The van der Waals surface area contributed by atoms with Crippen LogP contribution < -0.4 is 0 Å². The van der Waals surface area contributed by atoms with Gasteiger partial charge in [-0.1, -0.05) is 6.07 Å². The van der Waals surface area contributed by atoms with E-state index in [0.29, 0.717) is 17.5 Å². The van der Waals surface area contributed by atoms with Crippen molar-refractivity contribution in [3.05, 3.63) is 33.9 Å². The summed E-state index contributed by atoms with van der Waals surface area (Å²) >= 11 is 0. The Balaban J connectivity index is 2.00. The second-order valence-electron chi connectivity index (χ2n) is 8.50. The summed E-state index contributed by atoms with van der Waals surface area (Å²) in [5.41, 5.74) is 2.88. The molecule has 1 saturated heterocycles. The number of fused-ring (bicyclic) bond motifs is 1. The molecule has 3 rings (SSSR count). The Morgan fingerprint density at radius 3 is 2.34 bits per heavy atom. The Labute approximate surface area is 169 Å². The maximum absolute atomic E-state index is 13.2. The number of benzene rings is 1. The van der Waals surface area contributed by atoms with Gasteiger partial charge in [0.05, 0.1) is 18.1 Å². The third-order valence-corrected chi connectivity index (χ3v) is 6.20. The van der Waals surface area contributed by atoms with Crippen molar-refractivity contribution < 1.29 is 39.8 Å². The number of ketones is 1. The number of aliphatic hydroxyl groups excluding tert-OH is 5. The molecule has 2 unspecified atom stereocenters. The SMILES string of the molecule is Cc1cc2c(c(C)c1CCO)C(=O)C(C)(C)[C@H]2O[C@@H]1OC(CO)[C@@H](O)[C@H](O)C1O. The third-order valence-electron chi connectivity index (χ3n) is 6.20. The number of Topliss-reactive ketones (excluding diaryl/α,β-unsaturated/α-hetero) is 1. The van der Waals surface area contributed by atoms with Crippen LogP contribution in [0.4, 0.5) is 0 Å². The van der Waals surface area contributed by atoms with Gasteiger partial charge in [0.1, 0.15) is 24.4 Å². The Morgan fingerprint density at radius 2 is 1.76 bits per heavy atom. The van der Waals surface area contributed by atoms with Crippen LogP contribution in [0.25, 0.3) is 0 Å². The summed E-state index contributed by atoms with van der Waals surface area (Å²) in [6.45, 7) is 6.65. The Bertz CT molecular complexity index is 787. The van der Waals surface area contributed by atoms with Crippen LogP contribution in [0.5, 0.6) is 0 Å². The van der Waals surface area contributed by atoms with E-state index in [-0.39, 0.29) is 12.4 Å². The van der Waals surface area contributed by atoms with Gasteiger partial charge in [0, 0.05) is 12.2 Å². The molecular weight excluding hydrogens is 380 g/mol. The first kappa shape index (κ1) is 22.3. The molecular formula is C21H30O8. The minimum atomic E-state index is -1.55. The standard InChI is InChI=1S/C21H30O8/c1-9-7-12-14(10(2)11(9)5-6-22)18(27)21(3,4)19(12)29-20-17(26)16(25)15(24)13(8-23)28-20/h7,13,15-17,19-20,22-26H,5-6,8H2,1-4H3/t13?,15-,16+,17?,19+,20+/m1/s1. The number of hydrogen-bond acceptors (Lipinski definition) is 8. The van der Waals surface area contributed by atoms with E-state index in [1.54, 1.807) is 13.8 Å². The fourth-order valence-electron chi connectivity index (χ4n) is 4.45. The predicted octanol–water partition coefficient (Wildman–Crippen LogP) is -0.0817. The quantitative estimate of drug-likeness (QED) is 0.455. The lowest BCUT2D eigenvalue weighted by molar-refractivity contribution is -0.317. The summed E-state index contributed by atoms with van der Waals surface area (Å²) in [4.78, 5) is 13.2. The third kappa shape index (κ3) is 3.53. The molecule has 0 spiro atoms. The van der Waals surface area contributed by atoms with E-state index in [9.17, 15) is 30.3 Å². The number of hydrogen-bond donors (Lipinski definition) is 5. The lowest BCUT2D eigenvalue weighted by Gasteiger charge is -2.42. The minimum Gasteiger partial charge on any atom is -0.396 e. The number of aryl methyl sites for hydroxylation is 1. The normalized spacial score (nSPS) is 33.8. The molecule has 1 heterocycles. The van der Waals surface area contributed by atoms with Gasteiger partial charge < -0.3 is 35.0 Å². The lowest BCUT2D eigenvalue weighted by atomic mass is 9.86. The van der Waals surface area contributed by atoms with E-state index in [4.69, 9.17) is 9.47 Å². The van der Waals surface area contributed by atoms with Crippen LogP contribution in [0, 0.1) is 19.3 Å². The van der Waals surface area contributed by atoms with E-state index >= 15 is 0 Å². The molecule has 6 atom stereocenters.